The molecule has 0 bridgehead atoms. The number of phenols is 1. The lowest BCUT2D eigenvalue weighted by Crippen LogP contribution is -2.10. The Bertz CT molecular complexity index is 418. The summed E-state index contributed by atoms with van der Waals surface area (Å²) in [7, 11) is 1.46. The number of aryl methyl sites for hydroxylation is 1. The number of carbonyl (C=O) groups is 1. The minimum absolute atomic E-state index is 0.0616. The van der Waals surface area contributed by atoms with Gasteiger partial charge in [0.05, 0.1) is 11.6 Å². The van der Waals surface area contributed by atoms with Crippen LogP contribution in [-0.2, 0) is 0 Å². The molecule has 0 spiro atoms. The fourth-order valence-electron chi connectivity index (χ4n) is 1.49. The molecule has 5 heteroatoms. The Morgan fingerprint density at radius 2 is 2.25 bits per heavy atom. The number of aromatic hydroxyl groups is 1. The second-order valence-corrected chi connectivity index (χ2v) is 4.19. The number of Topliss-reactive ketones (excluding diaryl/α,β-unsaturated/α-hetero) is 1. The van der Waals surface area contributed by atoms with Gasteiger partial charge in [-0.25, -0.2) is 0 Å². The van der Waals surface area contributed by atoms with E-state index >= 15 is 0 Å². The fourth-order valence-corrected chi connectivity index (χ4v) is 2.22. The smallest absolute Gasteiger partial charge is 0.172 e. The molecule has 0 saturated heterocycles. The minimum atomic E-state index is -0.0928. The van der Waals surface area contributed by atoms with Crippen LogP contribution in [0.4, 0.5) is 0 Å². The number of hydrogen-bond acceptors (Lipinski definition) is 4. The number of nitrogens with two attached hydrogens (primary N) is 1. The van der Waals surface area contributed by atoms with Gasteiger partial charge in [-0.1, -0.05) is 0 Å². The van der Waals surface area contributed by atoms with Crippen LogP contribution < -0.4 is 10.5 Å². The highest BCUT2D eigenvalue weighted by Gasteiger charge is 2.19. The molecule has 1 rings (SSSR count). The van der Waals surface area contributed by atoms with Crippen molar-refractivity contribution in [1.29, 1.82) is 0 Å². The van der Waals surface area contributed by atoms with Gasteiger partial charge in [0.15, 0.2) is 17.3 Å². The van der Waals surface area contributed by atoms with Crippen molar-refractivity contribution in [1.82, 2.24) is 0 Å². The Kier molecular flexibility index (Phi) is 4.32. The maximum Gasteiger partial charge on any atom is 0.172 e. The van der Waals surface area contributed by atoms with Gasteiger partial charge in [0, 0.05) is 12.0 Å². The molecule has 0 saturated carbocycles. The minimum Gasteiger partial charge on any atom is -0.503 e. The highest BCUT2D eigenvalue weighted by atomic mass is 79.9. The maximum atomic E-state index is 11.8. The summed E-state index contributed by atoms with van der Waals surface area (Å²) in [4.78, 5) is 11.8. The van der Waals surface area contributed by atoms with Crippen LogP contribution in [0.3, 0.4) is 0 Å². The van der Waals surface area contributed by atoms with Crippen molar-refractivity contribution in [3.05, 3.63) is 21.7 Å². The Balaban J connectivity index is 3.30. The van der Waals surface area contributed by atoms with E-state index in [1.165, 1.54) is 7.11 Å². The number of methoxy groups -OCH3 is 1. The maximum absolute atomic E-state index is 11.8. The largest absolute Gasteiger partial charge is 0.503 e. The number of benzene rings is 1. The van der Waals surface area contributed by atoms with Gasteiger partial charge in [0.25, 0.3) is 0 Å². The molecule has 3 N–H and O–H groups in total. The standard InChI is InChI=1S/C11H14BrNO3/c1-6-5-8(16-2)11(15)10(12)9(6)7(14)3-4-13/h5,15H,3-4,13H2,1-2H3. The molecular weight excluding hydrogens is 274 g/mol. The Hall–Kier alpha value is -1.07. The van der Waals surface area contributed by atoms with E-state index in [9.17, 15) is 9.90 Å². The average Bonchev–Trinajstić information content (AvgIpc) is 2.24. The quantitative estimate of drug-likeness (QED) is 0.831. The highest BCUT2D eigenvalue weighted by Crippen LogP contribution is 2.39. The first-order valence-electron chi connectivity index (χ1n) is 4.82. The van der Waals surface area contributed by atoms with Gasteiger partial charge in [-0.05, 0) is 41.0 Å². The van der Waals surface area contributed by atoms with Crippen molar-refractivity contribution in [2.75, 3.05) is 13.7 Å². The molecular formula is C11H14BrNO3. The van der Waals surface area contributed by atoms with Crippen LogP contribution in [-0.4, -0.2) is 24.5 Å². The van der Waals surface area contributed by atoms with E-state index in [2.05, 4.69) is 15.9 Å². The average molecular weight is 288 g/mol. The van der Waals surface area contributed by atoms with E-state index in [0.29, 0.717) is 15.8 Å². The topological polar surface area (TPSA) is 72.5 Å². The first-order valence-corrected chi connectivity index (χ1v) is 5.61. The SMILES string of the molecule is COc1cc(C)c(C(=O)CCN)c(Br)c1O. The fraction of sp³-hybridized carbons (Fsp3) is 0.364. The van der Waals surface area contributed by atoms with Gasteiger partial charge in [0.1, 0.15) is 0 Å². The number of rotatable bonds is 4. The van der Waals surface area contributed by atoms with Crippen LogP contribution in [0.1, 0.15) is 22.3 Å². The van der Waals surface area contributed by atoms with Crippen LogP contribution in [0.15, 0.2) is 10.5 Å². The van der Waals surface area contributed by atoms with Gasteiger partial charge < -0.3 is 15.6 Å². The molecule has 0 fully saturated rings. The van der Waals surface area contributed by atoms with Crippen LogP contribution in [0.2, 0.25) is 0 Å². The molecule has 0 aromatic heterocycles. The number of ketones is 1. The number of ether oxygens (including phenoxy) is 1. The molecule has 0 aliphatic rings. The Morgan fingerprint density at radius 3 is 2.75 bits per heavy atom. The number of halogens is 1. The lowest BCUT2D eigenvalue weighted by Gasteiger charge is -2.12. The Morgan fingerprint density at radius 1 is 1.62 bits per heavy atom. The summed E-state index contributed by atoms with van der Waals surface area (Å²) >= 11 is 3.20. The summed E-state index contributed by atoms with van der Waals surface area (Å²) in [6, 6.07) is 1.63. The normalized spacial score (nSPS) is 10.2. The first kappa shape index (κ1) is 13.0. The molecule has 0 amide bonds. The molecule has 0 atom stereocenters. The summed E-state index contributed by atoms with van der Waals surface area (Å²) in [5.41, 5.74) is 6.55. The van der Waals surface area contributed by atoms with E-state index < -0.39 is 0 Å². The summed E-state index contributed by atoms with van der Waals surface area (Å²) in [5.74, 6) is 0.187. The monoisotopic (exact) mass is 287 g/mol. The predicted molar refractivity (Wildman–Crippen MR) is 65.1 cm³/mol. The lowest BCUT2D eigenvalue weighted by molar-refractivity contribution is 0.0983. The van der Waals surface area contributed by atoms with Gasteiger partial charge in [-0.15, -0.1) is 0 Å². The van der Waals surface area contributed by atoms with Gasteiger partial charge in [-0.2, -0.15) is 0 Å². The second kappa shape index (κ2) is 5.32. The molecule has 1 aromatic carbocycles. The van der Waals surface area contributed by atoms with Crippen molar-refractivity contribution in [3.8, 4) is 11.5 Å². The molecule has 4 nitrogen and oxygen atoms in total. The molecule has 1 aromatic rings. The van der Waals surface area contributed by atoms with Crippen LogP contribution in [0.5, 0.6) is 11.5 Å². The van der Waals surface area contributed by atoms with Crippen molar-refractivity contribution >= 4 is 21.7 Å². The molecule has 0 unspecified atom stereocenters. The Labute approximate surface area is 103 Å². The molecule has 0 aliphatic carbocycles. The summed E-state index contributed by atoms with van der Waals surface area (Å²) < 4.78 is 5.35. The van der Waals surface area contributed by atoms with Crippen molar-refractivity contribution in [3.63, 3.8) is 0 Å². The third-order valence-corrected chi connectivity index (χ3v) is 3.04. The van der Waals surface area contributed by atoms with E-state index in [1.54, 1.807) is 13.0 Å². The second-order valence-electron chi connectivity index (χ2n) is 3.40. The van der Waals surface area contributed by atoms with E-state index in [4.69, 9.17) is 10.5 Å². The van der Waals surface area contributed by atoms with E-state index in [1.807, 2.05) is 0 Å². The zero-order chi connectivity index (χ0) is 12.3. The van der Waals surface area contributed by atoms with Gasteiger partial charge >= 0.3 is 0 Å². The van der Waals surface area contributed by atoms with E-state index in [0.717, 1.165) is 5.56 Å². The van der Waals surface area contributed by atoms with Crippen molar-refractivity contribution in [2.45, 2.75) is 13.3 Å². The highest BCUT2D eigenvalue weighted by molar-refractivity contribution is 9.10. The molecule has 0 heterocycles. The lowest BCUT2D eigenvalue weighted by atomic mass is 10.0. The third-order valence-electron chi connectivity index (χ3n) is 2.27. The van der Waals surface area contributed by atoms with Crippen molar-refractivity contribution < 1.29 is 14.6 Å². The number of phenolic OH excluding ortho intramolecular Hbond substituents is 1. The van der Waals surface area contributed by atoms with Crippen LogP contribution >= 0.6 is 15.9 Å². The summed E-state index contributed by atoms with van der Waals surface area (Å²) in [6.07, 6.45) is 0.255. The van der Waals surface area contributed by atoms with E-state index in [-0.39, 0.29) is 24.5 Å². The molecule has 16 heavy (non-hydrogen) atoms. The zero-order valence-corrected chi connectivity index (χ0v) is 10.8. The van der Waals surface area contributed by atoms with Crippen LogP contribution in [0, 0.1) is 6.92 Å². The van der Waals surface area contributed by atoms with Crippen LogP contribution in [0.25, 0.3) is 0 Å². The van der Waals surface area contributed by atoms with Gasteiger partial charge in [-0.3, -0.25) is 4.79 Å². The molecule has 0 radical (unpaired) electrons. The first-order chi connectivity index (χ1) is 7.52. The molecule has 88 valence electrons. The third kappa shape index (κ3) is 2.36. The van der Waals surface area contributed by atoms with Crippen molar-refractivity contribution in [2.24, 2.45) is 5.73 Å². The summed E-state index contributed by atoms with van der Waals surface area (Å²) in [5, 5.41) is 9.76. The number of carbonyl (C=O) groups excluding carboxylic acids is 1. The zero-order valence-electron chi connectivity index (χ0n) is 9.21. The number of hydrogen-bond donors (Lipinski definition) is 2. The van der Waals surface area contributed by atoms with Gasteiger partial charge in [0.2, 0.25) is 0 Å². The summed E-state index contributed by atoms with van der Waals surface area (Å²) in [6.45, 7) is 2.08. The predicted octanol–water partition coefficient (Wildman–Crippen LogP) is 2.00. The molecule has 0 aliphatic heterocycles.